The van der Waals surface area contributed by atoms with E-state index in [0.29, 0.717) is 5.92 Å². The van der Waals surface area contributed by atoms with Gasteiger partial charge in [0.2, 0.25) is 0 Å². The highest BCUT2D eigenvalue weighted by atomic mass is 16.5. The zero-order valence-corrected chi connectivity index (χ0v) is 12.2. The van der Waals surface area contributed by atoms with Crippen LogP contribution in [-0.2, 0) is 6.42 Å². The predicted octanol–water partition coefficient (Wildman–Crippen LogP) is 4.08. The number of nitrogens with two attached hydrogens (primary N) is 1. The highest BCUT2D eigenvalue weighted by Crippen LogP contribution is 2.25. The van der Waals surface area contributed by atoms with Gasteiger partial charge in [-0.25, -0.2) is 0 Å². The molecule has 2 nitrogen and oxygen atoms in total. The summed E-state index contributed by atoms with van der Waals surface area (Å²) in [6.07, 6.45) is 3.17. The van der Waals surface area contributed by atoms with Gasteiger partial charge in [-0.3, -0.25) is 0 Å². The van der Waals surface area contributed by atoms with E-state index in [0.717, 1.165) is 31.6 Å². The van der Waals surface area contributed by atoms with E-state index in [1.54, 1.807) is 0 Å². The van der Waals surface area contributed by atoms with Crippen LogP contribution in [0.2, 0.25) is 0 Å². The molecule has 0 aromatic heterocycles. The molecule has 1 atom stereocenters. The van der Waals surface area contributed by atoms with Crippen molar-refractivity contribution in [1.82, 2.24) is 0 Å². The summed E-state index contributed by atoms with van der Waals surface area (Å²) in [5, 5.41) is 0. The molecule has 0 saturated heterocycles. The molecule has 0 spiro atoms. The highest BCUT2D eigenvalue weighted by Gasteiger charge is 2.10. The zero-order chi connectivity index (χ0) is 13.5. The van der Waals surface area contributed by atoms with Gasteiger partial charge >= 0.3 is 0 Å². The van der Waals surface area contributed by atoms with Crippen LogP contribution < -0.4 is 10.5 Å². The summed E-state index contributed by atoms with van der Waals surface area (Å²) >= 11 is 0. The van der Waals surface area contributed by atoms with Crippen molar-refractivity contribution in [3.8, 4) is 5.75 Å². The first-order valence-corrected chi connectivity index (χ1v) is 7.09. The van der Waals surface area contributed by atoms with Crippen LogP contribution in [0.5, 0.6) is 5.75 Å². The standard InChI is InChI=1S/C16H27NO/c1-5-7-16(17)15-9-8-14(10-13(15)6-2)18-11-12(3)4/h8-10,12,16H,5-7,11,17H2,1-4H3. The molecule has 2 N–H and O–H groups in total. The lowest BCUT2D eigenvalue weighted by Gasteiger charge is -2.17. The average Bonchev–Trinajstić information content (AvgIpc) is 2.36. The van der Waals surface area contributed by atoms with Crippen LogP contribution >= 0.6 is 0 Å². The van der Waals surface area contributed by atoms with Gasteiger partial charge in [-0.05, 0) is 42.0 Å². The Morgan fingerprint density at radius 2 is 1.94 bits per heavy atom. The van der Waals surface area contributed by atoms with E-state index in [4.69, 9.17) is 10.5 Å². The van der Waals surface area contributed by atoms with Gasteiger partial charge in [0.05, 0.1) is 6.61 Å². The fraction of sp³-hybridized carbons (Fsp3) is 0.625. The molecule has 1 rings (SSSR count). The maximum atomic E-state index is 6.21. The third kappa shape index (κ3) is 4.34. The van der Waals surface area contributed by atoms with E-state index in [1.807, 2.05) is 6.07 Å². The maximum absolute atomic E-state index is 6.21. The second-order valence-electron chi connectivity index (χ2n) is 5.31. The molecule has 1 unspecified atom stereocenters. The fourth-order valence-corrected chi connectivity index (χ4v) is 2.07. The molecule has 2 heteroatoms. The summed E-state index contributed by atoms with van der Waals surface area (Å²) in [7, 11) is 0. The molecule has 0 aliphatic carbocycles. The molecule has 102 valence electrons. The Morgan fingerprint density at radius 3 is 2.50 bits per heavy atom. The quantitative estimate of drug-likeness (QED) is 0.790. The van der Waals surface area contributed by atoms with Crippen molar-refractivity contribution in [3.63, 3.8) is 0 Å². The summed E-state index contributed by atoms with van der Waals surface area (Å²) in [5.74, 6) is 1.52. The number of benzene rings is 1. The molecule has 1 aromatic rings. The molecular formula is C16H27NO. The molecule has 0 aliphatic rings. The third-order valence-electron chi connectivity index (χ3n) is 3.08. The van der Waals surface area contributed by atoms with Crippen molar-refractivity contribution in [3.05, 3.63) is 29.3 Å². The van der Waals surface area contributed by atoms with Crippen molar-refractivity contribution < 1.29 is 4.74 Å². The Kier molecular flexibility index (Phi) is 6.20. The average molecular weight is 249 g/mol. The molecule has 18 heavy (non-hydrogen) atoms. The third-order valence-corrected chi connectivity index (χ3v) is 3.08. The van der Waals surface area contributed by atoms with Crippen LogP contribution in [0.4, 0.5) is 0 Å². The Bertz CT molecular complexity index is 360. The van der Waals surface area contributed by atoms with Crippen LogP contribution in [0.3, 0.4) is 0 Å². The van der Waals surface area contributed by atoms with Crippen molar-refractivity contribution in [2.24, 2.45) is 11.7 Å². The van der Waals surface area contributed by atoms with Gasteiger partial charge in [-0.2, -0.15) is 0 Å². The molecule has 0 heterocycles. The summed E-state index contributed by atoms with van der Waals surface area (Å²) in [6, 6.07) is 6.48. The van der Waals surface area contributed by atoms with Crippen LogP contribution in [0.25, 0.3) is 0 Å². The Morgan fingerprint density at radius 1 is 1.22 bits per heavy atom. The van der Waals surface area contributed by atoms with E-state index in [-0.39, 0.29) is 6.04 Å². The molecular weight excluding hydrogens is 222 g/mol. The molecule has 0 amide bonds. The topological polar surface area (TPSA) is 35.2 Å². The minimum absolute atomic E-state index is 0.157. The van der Waals surface area contributed by atoms with Crippen molar-refractivity contribution in [2.75, 3.05) is 6.61 Å². The number of aryl methyl sites for hydroxylation is 1. The largest absolute Gasteiger partial charge is 0.493 e. The number of hydrogen-bond acceptors (Lipinski definition) is 2. The lowest BCUT2D eigenvalue weighted by molar-refractivity contribution is 0.270. The Hall–Kier alpha value is -1.02. The first-order chi connectivity index (χ1) is 8.58. The van der Waals surface area contributed by atoms with Gasteiger partial charge in [0, 0.05) is 6.04 Å². The van der Waals surface area contributed by atoms with Gasteiger partial charge in [-0.1, -0.05) is 40.2 Å². The monoisotopic (exact) mass is 249 g/mol. The van der Waals surface area contributed by atoms with E-state index in [9.17, 15) is 0 Å². The van der Waals surface area contributed by atoms with E-state index < -0.39 is 0 Å². The van der Waals surface area contributed by atoms with E-state index >= 15 is 0 Å². The minimum atomic E-state index is 0.157. The van der Waals surface area contributed by atoms with Gasteiger partial charge in [0.15, 0.2) is 0 Å². The van der Waals surface area contributed by atoms with Crippen LogP contribution in [0, 0.1) is 5.92 Å². The van der Waals surface area contributed by atoms with Gasteiger partial charge in [0.1, 0.15) is 5.75 Å². The second kappa shape index (κ2) is 7.42. The Labute approximate surface area is 112 Å². The highest BCUT2D eigenvalue weighted by molar-refractivity contribution is 5.37. The van der Waals surface area contributed by atoms with Crippen LogP contribution in [0.1, 0.15) is 57.7 Å². The van der Waals surface area contributed by atoms with Crippen molar-refractivity contribution in [2.45, 2.75) is 53.0 Å². The SMILES string of the molecule is CCCC(N)c1ccc(OCC(C)C)cc1CC. The van der Waals surface area contributed by atoms with Gasteiger partial charge in [0.25, 0.3) is 0 Å². The molecule has 0 saturated carbocycles. The number of ether oxygens (including phenoxy) is 1. The lowest BCUT2D eigenvalue weighted by atomic mass is 9.96. The van der Waals surface area contributed by atoms with Gasteiger partial charge in [-0.15, -0.1) is 0 Å². The normalized spacial score (nSPS) is 12.8. The first kappa shape index (κ1) is 15.0. The second-order valence-corrected chi connectivity index (χ2v) is 5.31. The maximum Gasteiger partial charge on any atom is 0.119 e. The van der Waals surface area contributed by atoms with Crippen molar-refractivity contribution in [1.29, 1.82) is 0 Å². The molecule has 0 bridgehead atoms. The van der Waals surface area contributed by atoms with Crippen LogP contribution in [0.15, 0.2) is 18.2 Å². The molecule has 1 aromatic carbocycles. The summed E-state index contributed by atoms with van der Waals surface area (Å²) < 4.78 is 5.76. The summed E-state index contributed by atoms with van der Waals surface area (Å²) in [5.41, 5.74) is 8.80. The summed E-state index contributed by atoms with van der Waals surface area (Å²) in [6.45, 7) is 9.43. The fourth-order valence-electron chi connectivity index (χ4n) is 2.07. The molecule has 0 radical (unpaired) electrons. The molecule has 0 aliphatic heterocycles. The summed E-state index contributed by atoms with van der Waals surface area (Å²) in [4.78, 5) is 0. The van der Waals surface area contributed by atoms with Crippen LogP contribution in [-0.4, -0.2) is 6.61 Å². The van der Waals surface area contributed by atoms with Gasteiger partial charge < -0.3 is 10.5 Å². The Balaban J connectivity index is 2.82. The number of rotatable bonds is 7. The van der Waals surface area contributed by atoms with E-state index in [1.165, 1.54) is 11.1 Å². The smallest absolute Gasteiger partial charge is 0.119 e. The number of hydrogen-bond donors (Lipinski definition) is 1. The zero-order valence-electron chi connectivity index (χ0n) is 12.2. The lowest BCUT2D eigenvalue weighted by Crippen LogP contribution is -2.12. The minimum Gasteiger partial charge on any atom is -0.493 e. The predicted molar refractivity (Wildman–Crippen MR) is 78.0 cm³/mol. The first-order valence-electron chi connectivity index (χ1n) is 7.09. The van der Waals surface area contributed by atoms with E-state index in [2.05, 4.69) is 39.8 Å². The molecule has 0 fully saturated rings. The van der Waals surface area contributed by atoms with Crippen molar-refractivity contribution >= 4 is 0 Å².